The highest BCUT2D eigenvalue weighted by Crippen LogP contribution is 2.35. The summed E-state index contributed by atoms with van der Waals surface area (Å²) in [6.45, 7) is 7.69. The summed E-state index contributed by atoms with van der Waals surface area (Å²) in [5.74, 6) is -0.633. The molecule has 0 atom stereocenters. The van der Waals surface area contributed by atoms with Gasteiger partial charge >= 0.3 is 5.97 Å². The number of hydrogen-bond acceptors (Lipinski definition) is 3. The number of carboxylic acid groups (broad SMARTS) is 1. The van der Waals surface area contributed by atoms with Gasteiger partial charge in [0.25, 0.3) is 0 Å². The Morgan fingerprint density at radius 1 is 1.17 bits per heavy atom. The van der Waals surface area contributed by atoms with E-state index < -0.39 is 5.97 Å². The van der Waals surface area contributed by atoms with Crippen molar-refractivity contribution in [2.75, 3.05) is 32.7 Å². The Morgan fingerprint density at radius 2 is 1.78 bits per heavy atom. The normalized spacial score (nSPS) is 25.4. The average molecular weight is 254 g/mol. The van der Waals surface area contributed by atoms with Gasteiger partial charge in [-0.15, -0.1) is 0 Å². The standard InChI is InChI=1S/C14H26N2O2/c1-2-7-15-10-5-14(6-11-15,12-13(17)18)16-8-3-4-9-16/h2-12H2,1H3,(H,17,18). The minimum atomic E-state index is -0.633. The number of rotatable bonds is 5. The number of aliphatic carboxylic acids is 1. The molecule has 2 fully saturated rings. The smallest absolute Gasteiger partial charge is 0.305 e. The lowest BCUT2D eigenvalue weighted by Gasteiger charge is -2.47. The largest absolute Gasteiger partial charge is 0.481 e. The van der Waals surface area contributed by atoms with E-state index in [2.05, 4.69) is 16.7 Å². The molecule has 2 saturated heterocycles. The van der Waals surface area contributed by atoms with E-state index in [0.29, 0.717) is 6.42 Å². The van der Waals surface area contributed by atoms with Crippen LogP contribution in [0.1, 0.15) is 45.4 Å². The van der Waals surface area contributed by atoms with Gasteiger partial charge in [0.2, 0.25) is 0 Å². The molecule has 18 heavy (non-hydrogen) atoms. The zero-order valence-electron chi connectivity index (χ0n) is 11.5. The van der Waals surface area contributed by atoms with Crippen LogP contribution in [0.2, 0.25) is 0 Å². The molecule has 2 rings (SSSR count). The molecule has 0 radical (unpaired) electrons. The van der Waals surface area contributed by atoms with E-state index in [1.54, 1.807) is 0 Å². The van der Waals surface area contributed by atoms with E-state index >= 15 is 0 Å². The van der Waals surface area contributed by atoms with E-state index in [-0.39, 0.29) is 5.54 Å². The fourth-order valence-electron chi connectivity index (χ4n) is 3.59. The third-order valence-electron chi connectivity index (χ3n) is 4.58. The molecule has 0 aromatic carbocycles. The van der Waals surface area contributed by atoms with Gasteiger partial charge in [-0.05, 0) is 64.8 Å². The third-order valence-corrected chi connectivity index (χ3v) is 4.58. The van der Waals surface area contributed by atoms with Gasteiger partial charge < -0.3 is 10.0 Å². The molecule has 0 spiro atoms. The van der Waals surface area contributed by atoms with E-state index in [0.717, 1.165) is 45.6 Å². The first-order chi connectivity index (χ1) is 8.66. The quantitative estimate of drug-likeness (QED) is 0.812. The molecule has 0 aliphatic carbocycles. The minimum Gasteiger partial charge on any atom is -0.481 e. The van der Waals surface area contributed by atoms with Crippen molar-refractivity contribution >= 4 is 5.97 Å². The summed E-state index contributed by atoms with van der Waals surface area (Å²) in [6.07, 6.45) is 6.04. The van der Waals surface area contributed by atoms with E-state index in [1.165, 1.54) is 19.3 Å². The second-order valence-electron chi connectivity index (χ2n) is 5.83. The summed E-state index contributed by atoms with van der Waals surface area (Å²) in [4.78, 5) is 16.1. The first-order valence-corrected chi connectivity index (χ1v) is 7.35. The van der Waals surface area contributed by atoms with E-state index in [9.17, 15) is 9.90 Å². The second kappa shape index (κ2) is 6.02. The molecule has 0 amide bonds. The molecular formula is C14H26N2O2. The van der Waals surface area contributed by atoms with Crippen LogP contribution in [0.25, 0.3) is 0 Å². The fraction of sp³-hybridized carbons (Fsp3) is 0.929. The van der Waals surface area contributed by atoms with Crippen LogP contribution in [0.5, 0.6) is 0 Å². The fourth-order valence-corrected chi connectivity index (χ4v) is 3.59. The molecule has 1 N–H and O–H groups in total. The monoisotopic (exact) mass is 254 g/mol. The predicted octanol–water partition coefficient (Wildman–Crippen LogP) is 1.80. The number of nitrogens with zero attached hydrogens (tertiary/aromatic N) is 2. The van der Waals surface area contributed by atoms with Crippen molar-refractivity contribution in [1.29, 1.82) is 0 Å². The number of carbonyl (C=O) groups is 1. The van der Waals surface area contributed by atoms with Crippen molar-refractivity contribution in [1.82, 2.24) is 9.80 Å². The Labute approximate surface area is 110 Å². The van der Waals surface area contributed by atoms with Crippen molar-refractivity contribution < 1.29 is 9.90 Å². The molecule has 0 aromatic heterocycles. The molecule has 2 aliphatic rings. The Bertz CT molecular complexity index is 280. The van der Waals surface area contributed by atoms with Crippen LogP contribution in [-0.4, -0.2) is 59.1 Å². The summed E-state index contributed by atoms with van der Waals surface area (Å²) in [5, 5.41) is 9.22. The van der Waals surface area contributed by atoms with Crippen LogP contribution < -0.4 is 0 Å². The van der Waals surface area contributed by atoms with Crippen molar-refractivity contribution in [3.8, 4) is 0 Å². The highest BCUT2D eigenvalue weighted by molar-refractivity contribution is 5.68. The lowest BCUT2D eigenvalue weighted by atomic mass is 9.82. The van der Waals surface area contributed by atoms with Gasteiger partial charge in [-0.1, -0.05) is 6.92 Å². The van der Waals surface area contributed by atoms with Gasteiger partial charge in [0.05, 0.1) is 6.42 Å². The molecule has 0 aromatic rings. The Kier molecular flexibility index (Phi) is 4.62. The average Bonchev–Trinajstić information content (AvgIpc) is 2.85. The van der Waals surface area contributed by atoms with Gasteiger partial charge in [-0.2, -0.15) is 0 Å². The Hall–Kier alpha value is -0.610. The summed E-state index contributed by atoms with van der Waals surface area (Å²) in [6, 6.07) is 0. The molecule has 4 heteroatoms. The zero-order chi connectivity index (χ0) is 13.0. The minimum absolute atomic E-state index is 0.0490. The van der Waals surface area contributed by atoms with E-state index in [4.69, 9.17) is 0 Å². The second-order valence-corrected chi connectivity index (χ2v) is 5.83. The first kappa shape index (κ1) is 13.8. The number of hydrogen-bond donors (Lipinski definition) is 1. The molecule has 0 unspecified atom stereocenters. The number of piperidine rings is 1. The molecule has 2 aliphatic heterocycles. The Balaban J connectivity index is 2.00. The predicted molar refractivity (Wildman–Crippen MR) is 71.8 cm³/mol. The van der Waals surface area contributed by atoms with Gasteiger partial charge in [-0.3, -0.25) is 9.69 Å². The van der Waals surface area contributed by atoms with Crippen LogP contribution in [-0.2, 0) is 4.79 Å². The van der Waals surface area contributed by atoms with Crippen LogP contribution in [0.3, 0.4) is 0 Å². The zero-order valence-corrected chi connectivity index (χ0v) is 11.5. The van der Waals surface area contributed by atoms with Gasteiger partial charge in [0, 0.05) is 5.54 Å². The topological polar surface area (TPSA) is 43.8 Å². The molecule has 0 bridgehead atoms. The van der Waals surface area contributed by atoms with Crippen molar-refractivity contribution in [3.63, 3.8) is 0 Å². The van der Waals surface area contributed by atoms with Crippen LogP contribution in [0.4, 0.5) is 0 Å². The summed E-state index contributed by atoms with van der Waals surface area (Å²) in [5.41, 5.74) is -0.0490. The van der Waals surface area contributed by atoms with Gasteiger partial charge in [-0.25, -0.2) is 0 Å². The number of likely N-dealkylation sites (tertiary alicyclic amines) is 2. The SMILES string of the molecule is CCCN1CCC(CC(=O)O)(N2CCCC2)CC1. The lowest BCUT2D eigenvalue weighted by molar-refractivity contribution is -0.141. The number of carboxylic acids is 1. The summed E-state index contributed by atoms with van der Waals surface area (Å²) >= 11 is 0. The highest BCUT2D eigenvalue weighted by Gasteiger charge is 2.42. The third kappa shape index (κ3) is 3.04. The van der Waals surface area contributed by atoms with Gasteiger partial charge in [0.1, 0.15) is 0 Å². The molecule has 104 valence electrons. The maximum atomic E-state index is 11.2. The lowest BCUT2D eigenvalue weighted by Crippen LogP contribution is -2.55. The van der Waals surface area contributed by atoms with Crippen molar-refractivity contribution in [2.45, 2.75) is 51.0 Å². The van der Waals surface area contributed by atoms with Crippen molar-refractivity contribution in [3.05, 3.63) is 0 Å². The van der Waals surface area contributed by atoms with Crippen LogP contribution in [0, 0.1) is 0 Å². The Morgan fingerprint density at radius 3 is 2.28 bits per heavy atom. The molecule has 4 nitrogen and oxygen atoms in total. The molecule has 0 saturated carbocycles. The van der Waals surface area contributed by atoms with Crippen LogP contribution in [0.15, 0.2) is 0 Å². The summed E-state index contributed by atoms with van der Waals surface area (Å²) in [7, 11) is 0. The van der Waals surface area contributed by atoms with Crippen LogP contribution >= 0.6 is 0 Å². The first-order valence-electron chi connectivity index (χ1n) is 7.35. The maximum Gasteiger partial charge on any atom is 0.305 e. The highest BCUT2D eigenvalue weighted by atomic mass is 16.4. The van der Waals surface area contributed by atoms with Gasteiger partial charge in [0.15, 0.2) is 0 Å². The van der Waals surface area contributed by atoms with Crippen molar-refractivity contribution in [2.24, 2.45) is 0 Å². The van der Waals surface area contributed by atoms with E-state index in [1.807, 2.05) is 0 Å². The molecule has 2 heterocycles. The summed E-state index contributed by atoms with van der Waals surface area (Å²) < 4.78 is 0. The molecular weight excluding hydrogens is 228 g/mol. The maximum absolute atomic E-state index is 11.2.